The molecule has 0 saturated heterocycles. The number of rotatable bonds is 10. The number of carbonyl (C=O) groups is 1. The molecule has 0 radical (unpaired) electrons. The molecule has 0 fully saturated rings. The zero-order valence-electron chi connectivity index (χ0n) is 15.6. The number of sulfonamides is 1. The maximum atomic E-state index is 12.8. The third kappa shape index (κ3) is 6.20. The second-order valence-electron chi connectivity index (χ2n) is 5.94. The van der Waals surface area contributed by atoms with Gasteiger partial charge in [0.05, 0.1) is 23.6 Å². The molecule has 0 aliphatic carbocycles. The van der Waals surface area contributed by atoms with E-state index in [1.165, 1.54) is 32.4 Å². The topological polar surface area (TPSA) is 93.7 Å². The van der Waals surface area contributed by atoms with E-state index in [-0.39, 0.29) is 22.9 Å². The van der Waals surface area contributed by atoms with Gasteiger partial charge in [-0.1, -0.05) is 41.9 Å². The highest BCUT2D eigenvalue weighted by Gasteiger charge is 2.26. The highest BCUT2D eigenvalue weighted by Crippen LogP contribution is 2.27. The molecule has 1 atom stereocenters. The number of hydrogen-bond donors (Lipinski definition) is 2. The van der Waals surface area contributed by atoms with E-state index >= 15 is 0 Å². The van der Waals surface area contributed by atoms with E-state index in [0.717, 1.165) is 5.56 Å². The second-order valence-corrected chi connectivity index (χ2v) is 8.06. The van der Waals surface area contributed by atoms with Gasteiger partial charge in [-0.3, -0.25) is 4.79 Å². The van der Waals surface area contributed by atoms with Crippen molar-refractivity contribution in [3.05, 3.63) is 59.1 Å². The largest absolute Gasteiger partial charge is 0.495 e. The molecule has 0 spiro atoms. The maximum absolute atomic E-state index is 12.8. The monoisotopic (exact) mass is 426 g/mol. The molecule has 1 amide bonds. The Bertz CT molecular complexity index is 890. The highest BCUT2D eigenvalue weighted by molar-refractivity contribution is 7.89. The Balaban J connectivity index is 2.24. The predicted octanol–water partition coefficient (Wildman–Crippen LogP) is 2.00. The van der Waals surface area contributed by atoms with Crippen LogP contribution in [0.4, 0.5) is 0 Å². The minimum atomic E-state index is -3.98. The Morgan fingerprint density at radius 2 is 1.86 bits per heavy atom. The standard InChI is InChI=1S/C19H23ClN2O5S/c1-26-11-10-21-19(23)17(12-14-6-4-3-5-7-14)22-28(24,25)15-8-9-18(27-2)16(20)13-15/h3-9,13,17,22H,10-12H2,1-2H3,(H,21,23)/t17-/m0/s1. The predicted molar refractivity (Wildman–Crippen MR) is 107 cm³/mol. The van der Waals surface area contributed by atoms with Gasteiger partial charge in [0, 0.05) is 13.7 Å². The van der Waals surface area contributed by atoms with Crippen LogP contribution in [0, 0.1) is 0 Å². The number of amides is 1. The lowest BCUT2D eigenvalue weighted by atomic mass is 10.1. The van der Waals surface area contributed by atoms with Crippen LogP contribution < -0.4 is 14.8 Å². The van der Waals surface area contributed by atoms with Crippen LogP contribution in [0.15, 0.2) is 53.4 Å². The summed E-state index contributed by atoms with van der Waals surface area (Å²) < 4.78 is 38.0. The number of methoxy groups -OCH3 is 2. The van der Waals surface area contributed by atoms with Crippen LogP contribution in [0.3, 0.4) is 0 Å². The van der Waals surface area contributed by atoms with Gasteiger partial charge in [-0.05, 0) is 30.2 Å². The molecule has 0 heterocycles. The molecule has 0 aliphatic rings. The molecular weight excluding hydrogens is 404 g/mol. The van der Waals surface area contributed by atoms with Gasteiger partial charge in [-0.15, -0.1) is 0 Å². The third-order valence-corrected chi connectivity index (χ3v) is 5.70. The van der Waals surface area contributed by atoms with E-state index in [1.54, 1.807) is 0 Å². The fraction of sp³-hybridized carbons (Fsp3) is 0.316. The summed E-state index contributed by atoms with van der Waals surface area (Å²) in [6.45, 7) is 0.599. The van der Waals surface area contributed by atoms with Crippen molar-refractivity contribution in [2.24, 2.45) is 0 Å². The number of hydrogen-bond acceptors (Lipinski definition) is 5. The second kappa shape index (κ2) is 10.4. The van der Waals surface area contributed by atoms with Crippen LogP contribution in [0.25, 0.3) is 0 Å². The van der Waals surface area contributed by atoms with Crippen molar-refractivity contribution in [2.45, 2.75) is 17.4 Å². The zero-order valence-corrected chi connectivity index (χ0v) is 17.2. The van der Waals surface area contributed by atoms with Crippen LogP contribution in [0.5, 0.6) is 5.75 Å². The number of halogens is 1. The Morgan fingerprint density at radius 3 is 2.46 bits per heavy atom. The summed E-state index contributed by atoms with van der Waals surface area (Å²) in [6.07, 6.45) is 0.197. The lowest BCUT2D eigenvalue weighted by Crippen LogP contribution is -2.48. The summed E-state index contributed by atoms with van der Waals surface area (Å²) in [5, 5.41) is 2.83. The van der Waals surface area contributed by atoms with Crippen molar-refractivity contribution >= 4 is 27.5 Å². The molecule has 2 rings (SSSR count). The van der Waals surface area contributed by atoms with Gasteiger partial charge in [0.25, 0.3) is 0 Å². The lowest BCUT2D eigenvalue weighted by Gasteiger charge is -2.19. The van der Waals surface area contributed by atoms with Crippen molar-refractivity contribution in [1.29, 1.82) is 0 Å². The molecule has 9 heteroatoms. The molecule has 2 aromatic carbocycles. The van der Waals surface area contributed by atoms with Crippen molar-refractivity contribution in [3.63, 3.8) is 0 Å². The van der Waals surface area contributed by atoms with Crippen molar-refractivity contribution in [1.82, 2.24) is 10.0 Å². The van der Waals surface area contributed by atoms with E-state index < -0.39 is 22.0 Å². The molecule has 7 nitrogen and oxygen atoms in total. The zero-order chi connectivity index (χ0) is 20.6. The van der Waals surface area contributed by atoms with E-state index in [9.17, 15) is 13.2 Å². The number of ether oxygens (including phenoxy) is 2. The van der Waals surface area contributed by atoms with Crippen LogP contribution in [0.2, 0.25) is 5.02 Å². The van der Waals surface area contributed by atoms with Gasteiger partial charge in [0.2, 0.25) is 15.9 Å². The number of benzene rings is 2. The average Bonchev–Trinajstić information content (AvgIpc) is 2.68. The summed E-state index contributed by atoms with van der Waals surface area (Å²) in [6, 6.07) is 12.3. The van der Waals surface area contributed by atoms with E-state index in [2.05, 4.69) is 10.0 Å². The molecule has 0 aliphatic heterocycles. The maximum Gasteiger partial charge on any atom is 0.241 e. The number of nitrogens with one attached hydrogen (secondary N) is 2. The van der Waals surface area contributed by atoms with Gasteiger partial charge in [0.15, 0.2) is 0 Å². The Morgan fingerprint density at radius 1 is 1.14 bits per heavy atom. The summed E-state index contributed by atoms with van der Waals surface area (Å²) >= 11 is 6.04. The van der Waals surface area contributed by atoms with Crippen LogP contribution in [0.1, 0.15) is 5.56 Å². The first-order chi connectivity index (χ1) is 13.4. The van der Waals surface area contributed by atoms with Gasteiger partial charge in [-0.25, -0.2) is 8.42 Å². The lowest BCUT2D eigenvalue weighted by molar-refractivity contribution is -0.122. The third-order valence-electron chi connectivity index (χ3n) is 3.94. The molecule has 28 heavy (non-hydrogen) atoms. The normalized spacial score (nSPS) is 12.4. The van der Waals surface area contributed by atoms with Crippen LogP contribution in [-0.4, -0.2) is 47.7 Å². The van der Waals surface area contributed by atoms with Crippen molar-refractivity contribution in [2.75, 3.05) is 27.4 Å². The first-order valence-corrected chi connectivity index (χ1v) is 10.4. The fourth-order valence-corrected chi connectivity index (χ4v) is 4.05. The molecule has 152 valence electrons. The first kappa shape index (κ1) is 22.2. The molecule has 0 aromatic heterocycles. The molecule has 0 bridgehead atoms. The summed E-state index contributed by atoms with van der Waals surface area (Å²) in [5.74, 6) is -0.0807. The van der Waals surface area contributed by atoms with E-state index in [0.29, 0.717) is 12.4 Å². The SMILES string of the molecule is COCCNC(=O)[C@H](Cc1ccccc1)NS(=O)(=O)c1ccc(OC)c(Cl)c1. The smallest absolute Gasteiger partial charge is 0.241 e. The molecular formula is C19H23ClN2O5S. The van der Waals surface area contributed by atoms with Crippen molar-refractivity contribution in [3.8, 4) is 5.75 Å². The van der Waals surface area contributed by atoms with Crippen LogP contribution >= 0.6 is 11.6 Å². The fourth-order valence-electron chi connectivity index (χ4n) is 2.51. The minimum absolute atomic E-state index is 0.0546. The summed E-state index contributed by atoms with van der Waals surface area (Å²) in [4.78, 5) is 12.5. The van der Waals surface area contributed by atoms with Crippen LogP contribution in [-0.2, 0) is 26.0 Å². The minimum Gasteiger partial charge on any atom is -0.495 e. The Hall–Kier alpha value is -2.13. The Labute approximate surface area is 170 Å². The van der Waals surface area contributed by atoms with E-state index in [1.807, 2.05) is 30.3 Å². The summed E-state index contributed by atoms with van der Waals surface area (Å²) in [5.41, 5.74) is 0.824. The number of carbonyl (C=O) groups excluding carboxylic acids is 1. The molecule has 2 aromatic rings. The van der Waals surface area contributed by atoms with Gasteiger partial charge in [0.1, 0.15) is 11.8 Å². The van der Waals surface area contributed by atoms with Gasteiger partial charge < -0.3 is 14.8 Å². The van der Waals surface area contributed by atoms with E-state index in [4.69, 9.17) is 21.1 Å². The molecule has 0 saturated carbocycles. The van der Waals surface area contributed by atoms with Gasteiger partial charge in [-0.2, -0.15) is 4.72 Å². The van der Waals surface area contributed by atoms with Crippen molar-refractivity contribution < 1.29 is 22.7 Å². The molecule has 2 N–H and O–H groups in total. The highest BCUT2D eigenvalue weighted by atomic mass is 35.5. The average molecular weight is 427 g/mol. The van der Waals surface area contributed by atoms with Gasteiger partial charge >= 0.3 is 0 Å². The first-order valence-electron chi connectivity index (χ1n) is 8.54. The molecule has 0 unspecified atom stereocenters. The quantitative estimate of drug-likeness (QED) is 0.567. The Kier molecular flexibility index (Phi) is 8.25. The summed E-state index contributed by atoms with van der Waals surface area (Å²) in [7, 11) is -1.03.